The van der Waals surface area contributed by atoms with Gasteiger partial charge in [-0.1, -0.05) is 6.58 Å². The van der Waals surface area contributed by atoms with Crippen LogP contribution in [0.15, 0.2) is 36.4 Å². The van der Waals surface area contributed by atoms with E-state index in [1.807, 2.05) is 0 Å². The summed E-state index contributed by atoms with van der Waals surface area (Å²) in [7, 11) is 0. The molecule has 1 rings (SSSR count). The number of nitrogens with zero attached hydrogens (tertiary/aromatic N) is 1. The summed E-state index contributed by atoms with van der Waals surface area (Å²) in [5.41, 5.74) is 0.796. The number of benzene rings is 1. The largest absolute Gasteiger partial charge is 0.352 e. The van der Waals surface area contributed by atoms with Crippen LogP contribution in [0.5, 0.6) is 0 Å². The van der Waals surface area contributed by atoms with Crippen LogP contribution >= 0.6 is 0 Å². The molecule has 2 amide bonds. The third kappa shape index (κ3) is 4.89. The van der Waals surface area contributed by atoms with Gasteiger partial charge in [0, 0.05) is 36.4 Å². The van der Waals surface area contributed by atoms with Crippen LogP contribution in [-0.2, 0) is 9.59 Å². The van der Waals surface area contributed by atoms with Crippen molar-refractivity contribution < 1.29 is 14.5 Å². The fourth-order valence-electron chi connectivity index (χ4n) is 1.33. The molecule has 0 aliphatic heterocycles. The molecule has 0 aliphatic rings. The Balaban J connectivity index is 2.40. The molecule has 2 N–H and O–H groups in total. The topological polar surface area (TPSA) is 101 Å². The smallest absolute Gasteiger partial charge is 0.269 e. The standard InChI is InChI=1S/C13H15N3O4/c1-9(2)13(18)14-8-7-12(17)15-10-3-5-11(6-4-10)16(19)20/h3-6H,1,7-8H2,2H3,(H,14,18)(H,15,17). The number of rotatable bonds is 6. The van der Waals surface area contributed by atoms with Gasteiger partial charge >= 0.3 is 0 Å². The van der Waals surface area contributed by atoms with Crippen molar-refractivity contribution in [3.8, 4) is 0 Å². The SMILES string of the molecule is C=C(C)C(=O)NCCC(=O)Nc1ccc([N+](=O)[O-])cc1. The molecule has 0 unspecified atom stereocenters. The zero-order chi connectivity index (χ0) is 15.1. The molecule has 0 saturated carbocycles. The molecule has 1 aromatic carbocycles. The predicted octanol–water partition coefficient (Wildman–Crippen LogP) is 1.62. The molecule has 7 heteroatoms. The molecular weight excluding hydrogens is 262 g/mol. The van der Waals surface area contributed by atoms with E-state index in [1.54, 1.807) is 6.92 Å². The lowest BCUT2D eigenvalue weighted by atomic mass is 10.2. The highest BCUT2D eigenvalue weighted by Crippen LogP contribution is 2.15. The molecular formula is C13H15N3O4. The van der Waals surface area contributed by atoms with Gasteiger partial charge in [0.05, 0.1) is 4.92 Å². The Morgan fingerprint density at radius 1 is 1.30 bits per heavy atom. The lowest BCUT2D eigenvalue weighted by molar-refractivity contribution is -0.384. The van der Waals surface area contributed by atoms with Gasteiger partial charge in [-0.25, -0.2) is 0 Å². The van der Waals surface area contributed by atoms with E-state index in [2.05, 4.69) is 17.2 Å². The second-order valence-electron chi connectivity index (χ2n) is 4.14. The van der Waals surface area contributed by atoms with Gasteiger partial charge in [-0.2, -0.15) is 0 Å². The van der Waals surface area contributed by atoms with Crippen LogP contribution in [0.2, 0.25) is 0 Å². The molecule has 20 heavy (non-hydrogen) atoms. The highest BCUT2D eigenvalue weighted by Gasteiger charge is 2.07. The minimum absolute atomic E-state index is 0.0447. The molecule has 0 radical (unpaired) electrons. The van der Waals surface area contributed by atoms with Gasteiger partial charge in [-0.05, 0) is 19.1 Å². The first-order valence-electron chi connectivity index (χ1n) is 5.88. The fourth-order valence-corrected chi connectivity index (χ4v) is 1.33. The maximum atomic E-state index is 11.6. The van der Waals surface area contributed by atoms with E-state index in [4.69, 9.17) is 0 Å². The zero-order valence-electron chi connectivity index (χ0n) is 11.0. The maximum Gasteiger partial charge on any atom is 0.269 e. The Labute approximate surface area is 115 Å². The van der Waals surface area contributed by atoms with Crippen molar-refractivity contribution in [2.75, 3.05) is 11.9 Å². The van der Waals surface area contributed by atoms with Crippen molar-refractivity contribution in [3.05, 3.63) is 46.5 Å². The van der Waals surface area contributed by atoms with Gasteiger partial charge in [0.25, 0.3) is 5.69 Å². The summed E-state index contributed by atoms with van der Waals surface area (Å²) >= 11 is 0. The van der Waals surface area contributed by atoms with E-state index in [0.717, 1.165) is 0 Å². The molecule has 0 aliphatic carbocycles. The Morgan fingerprint density at radius 2 is 1.90 bits per heavy atom. The van der Waals surface area contributed by atoms with Crippen LogP contribution in [0.1, 0.15) is 13.3 Å². The Morgan fingerprint density at radius 3 is 2.40 bits per heavy atom. The summed E-state index contributed by atoms with van der Waals surface area (Å²) in [5, 5.41) is 15.6. The molecule has 7 nitrogen and oxygen atoms in total. The van der Waals surface area contributed by atoms with Gasteiger partial charge < -0.3 is 10.6 Å². The van der Waals surface area contributed by atoms with Gasteiger partial charge in [-0.3, -0.25) is 19.7 Å². The van der Waals surface area contributed by atoms with Crippen molar-refractivity contribution >= 4 is 23.2 Å². The summed E-state index contributed by atoms with van der Waals surface area (Å²) in [6, 6.07) is 5.50. The highest BCUT2D eigenvalue weighted by atomic mass is 16.6. The molecule has 0 saturated heterocycles. The number of nitro benzene ring substituents is 1. The number of hydrogen-bond acceptors (Lipinski definition) is 4. The van der Waals surface area contributed by atoms with Crippen molar-refractivity contribution in [3.63, 3.8) is 0 Å². The van der Waals surface area contributed by atoms with Crippen molar-refractivity contribution in [2.24, 2.45) is 0 Å². The van der Waals surface area contributed by atoms with Crippen molar-refractivity contribution in [2.45, 2.75) is 13.3 Å². The van der Waals surface area contributed by atoms with E-state index in [1.165, 1.54) is 24.3 Å². The summed E-state index contributed by atoms with van der Waals surface area (Å²) in [6.07, 6.45) is 0.107. The molecule has 0 aromatic heterocycles. The van der Waals surface area contributed by atoms with E-state index in [9.17, 15) is 19.7 Å². The number of nitrogens with one attached hydrogen (secondary N) is 2. The number of hydrogen-bond donors (Lipinski definition) is 2. The molecule has 0 fully saturated rings. The molecule has 0 bridgehead atoms. The summed E-state index contributed by atoms with van der Waals surface area (Å²) in [5.74, 6) is -0.589. The summed E-state index contributed by atoms with van der Waals surface area (Å²) in [6.45, 7) is 5.25. The molecule has 0 atom stereocenters. The first-order chi connectivity index (χ1) is 9.40. The Hall–Kier alpha value is -2.70. The van der Waals surface area contributed by atoms with Crippen LogP contribution in [0.4, 0.5) is 11.4 Å². The number of carbonyl (C=O) groups is 2. The maximum absolute atomic E-state index is 11.6. The summed E-state index contributed by atoms with van der Waals surface area (Å²) < 4.78 is 0. The van der Waals surface area contributed by atoms with Gasteiger partial charge in [0.15, 0.2) is 0 Å². The van der Waals surface area contributed by atoms with E-state index >= 15 is 0 Å². The Bertz CT molecular complexity index is 537. The monoisotopic (exact) mass is 277 g/mol. The molecule has 1 aromatic rings. The number of non-ortho nitro benzene ring substituents is 1. The van der Waals surface area contributed by atoms with Crippen LogP contribution in [0.25, 0.3) is 0 Å². The molecule has 0 heterocycles. The average Bonchev–Trinajstić information content (AvgIpc) is 2.39. The molecule has 106 valence electrons. The van der Waals surface area contributed by atoms with Crippen LogP contribution < -0.4 is 10.6 Å². The van der Waals surface area contributed by atoms with Gasteiger partial charge in [0.1, 0.15) is 0 Å². The first kappa shape index (κ1) is 15.4. The highest BCUT2D eigenvalue weighted by molar-refractivity contribution is 5.93. The lowest BCUT2D eigenvalue weighted by Gasteiger charge is -2.06. The van der Waals surface area contributed by atoms with Crippen LogP contribution in [-0.4, -0.2) is 23.3 Å². The normalized spacial score (nSPS) is 9.65. The van der Waals surface area contributed by atoms with E-state index in [-0.39, 0.29) is 30.5 Å². The fraction of sp³-hybridized carbons (Fsp3) is 0.231. The van der Waals surface area contributed by atoms with Crippen LogP contribution in [0.3, 0.4) is 0 Å². The predicted molar refractivity (Wildman–Crippen MR) is 74.2 cm³/mol. The van der Waals surface area contributed by atoms with Crippen molar-refractivity contribution in [1.29, 1.82) is 0 Å². The number of carbonyl (C=O) groups excluding carboxylic acids is 2. The second kappa shape index (κ2) is 7.03. The number of amides is 2. The average molecular weight is 277 g/mol. The first-order valence-corrected chi connectivity index (χ1v) is 5.88. The summed E-state index contributed by atoms with van der Waals surface area (Å²) in [4.78, 5) is 32.7. The number of anilines is 1. The third-order valence-electron chi connectivity index (χ3n) is 2.39. The van der Waals surface area contributed by atoms with Gasteiger partial charge in [0.2, 0.25) is 11.8 Å². The third-order valence-corrected chi connectivity index (χ3v) is 2.39. The minimum Gasteiger partial charge on any atom is -0.352 e. The Kier molecular flexibility index (Phi) is 5.40. The van der Waals surface area contributed by atoms with Crippen LogP contribution in [0, 0.1) is 10.1 Å². The quantitative estimate of drug-likeness (QED) is 0.468. The van der Waals surface area contributed by atoms with E-state index < -0.39 is 4.92 Å². The van der Waals surface area contributed by atoms with Crippen molar-refractivity contribution in [1.82, 2.24) is 5.32 Å². The molecule has 0 spiro atoms. The lowest BCUT2D eigenvalue weighted by Crippen LogP contribution is -2.27. The van der Waals surface area contributed by atoms with E-state index in [0.29, 0.717) is 11.3 Å². The number of nitro groups is 1. The second-order valence-corrected chi connectivity index (χ2v) is 4.14. The zero-order valence-corrected chi connectivity index (χ0v) is 11.0. The minimum atomic E-state index is -0.515. The van der Waals surface area contributed by atoms with Gasteiger partial charge in [-0.15, -0.1) is 0 Å².